The monoisotopic (exact) mass is 390 g/mol. The Morgan fingerprint density at radius 2 is 2.00 bits per heavy atom. The van der Waals surface area contributed by atoms with Gasteiger partial charge in [0.25, 0.3) is 5.56 Å². The molecule has 1 aliphatic heterocycles. The van der Waals surface area contributed by atoms with E-state index in [4.69, 9.17) is 9.72 Å². The van der Waals surface area contributed by atoms with Crippen molar-refractivity contribution in [3.05, 3.63) is 20.8 Å². The van der Waals surface area contributed by atoms with E-state index in [0.29, 0.717) is 32.3 Å². The summed E-state index contributed by atoms with van der Waals surface area (Å²) in [5, 5.41) is 3.92. The van der Waals surface area contributed by atoms with Gasteiger partial charge in [-0.1, -0.05) is 0 Å². The average molecular weight is 391 g/mol. The molecule has 8 heteroatoms. The number of aryl methyl sites for hydroxylation is 2. The number of rotatable bonds is 4. The Labute approximate surface area is 162 Å². The first-order chi connectivity index (χ1) is 13.1. The fourth-order valence-corrected chi connectivity index (χ4v) is 5.15. The summed E-state index contributed by atoms with van der Waals surface area (Å²) in [7, 11) is 0. The number of nitrogens with one attached hydrogen (secondary N) is 1. The maximum Gasteiger partial charge on any atom is 0.264 e. The first-order valence-corrected chi connectivity index (χ1v) is 10.5. The Morgan fingerprint density at radius 3 is 2.74 bits per heavy atom. The van der Waals surface area contributed by atoms with Crippen LogP contribution in [0.3, 0.4) is 0 Å². The number of aromatic nitrogens is 2. The van der Waals surface area contributed by atoms with E-state index in [2.05, 4.69) is 5.32 Å². The minimum atomic E-state index is -0.0328. The predicted octanol–water partition coefficient (Wildman–Crippen LogP) is 2.19. The molecule has 1 N–H and O–H groups in total. The maximum absolute atomic E-state index is 13.2. The standard InChI is InChI=1S/C19H26N4O3S/c1-12(2)23-18(25)16-13-5-3-4-6-14(13)27-17(16)21-19(23)20-11-15(24)22-7-9-26-10-8-22/h12H,3-11H2,1-2H3,(H,20,21). The molecule has 0 aromatic carbocycles. The zero-order chi connectivity index (χ0) is 19.0. The zero-order valence-corrected chi connectivity index (χ0v) is 16.7. The lowest BCUT2D eigenvalue weighted by molar-refractivity contribution is -0.133. The van der Waals surface area contributed by atoms with E-state index in [0.717, 1.165) is 29.5 Å². The normalized spacial score (nSPS) is 17.4. The van der Waals surface area contributed by atoms with Gasteiger partial charge in [-0.25, -0.2) is 4.98 Å². The number of carbonyl (C=O) groups excluding carboxylic acids is 1. The lowest BCUT2D eigenvalue weighted by Gasteiger charge is -2.27. The molecule has 7 nitrogen and oxygen atoms in total. The third-order valence-electron chi connectivity index (χ3n) is 5.30. The summed E-state index contributed by atoms with van der Waals surface area (Å²) in [5.41, 5.74) is 1.21. The lowest BCUT2D eigenvalue weighted by atomic mass is 9.97. The molecule has 2 aromatic rings. The van der Waals surface area contributed by atoms with Gasteiger partial charge in [0.15, 0.2) is 0 Å². The fourth-order valence-electron chi connectivity index (χ4n) is 3.90. The highest BCUT2D eigenvalue weighted by Gasteiger charge is 2.23. The molecule has 2 aliphatic rings. The second kappa shape index (κ2) is 7.59. The van der Waals surface area contributed by atoms with Gasteiger partial charge in [0.1, 0.15) is 4.83 Å². The highest BCUT2D eigenvalue weighted by atomic mass is 32.1. The highest BCUT2D eigenvalue weighted by molar-refractivity contribution is 7.18. The molecular weight excluding hydrogens is 364 g/mol. The van der Waals surface area contributed by atoms with E-state index in [-0.39, 0.29) is 24.1 Å². The zero-order valence-electron chi connectivity index (χ0n) is 15.9. The van der Waals surface area contributed by atoms with Crippen molar-refractivity contribution < 1.29 is 9.53 Å². The molecule has 27 heavy (non-hydrogen) atoms. The van der Waals surface area contributed by atoms with Crippen LogP contribution < -0.4 is 10.9 Å². The van der Waals surface area contributed by atoms with E-state index in [1.54, 1.807) is 20.8 Å². The third kappa shape index (κ3) is 3.48. The molecule has 0 bridgehead atoms. The third-order valence-corrected chi connectivity index (χ3v) is 6.48. The van der Waals surface area contributed by atoms with Gasteiger partial charge in [-0.2, -0.15) is 0 Å². The molecule has 1 saturated heterocycles. The second-order valence-electron chi connectivity index (χ2n) is 7.44. The number of anilines is 1. The van der Waals surface area contributed by atoms with Crippen molar-refractivity contribution in [3.8, 4) is 0 Å². The summed E-state index contributed by atoms with van der Waals surface area (Å²) in [6.45, 7) is 6.46. The molecule has 0 spiro atoms. The van der Waals surface area contributed by atoms with Gasteiger partial charge in [0, 0.05) is 24.0 Å². The molecule has 1 fully saturated rings. The summed E-state index contributed by atoms with van der Waals surface area (Å²) in [5.74, 6) is 0.496. The molecule has 1 aliphatic carbocycles. The van der Waals surface area contributed by atoms with Crippen LogP contribution in [0.25, 0.3) is 10.2 Å². The molecule has 4 rings (SSSR count). The van der Waals surface area contributed by atoms with Crippen molar-refractivity contribution in [1.82, 2.24) is 14.5 Å². The number of ether oxygens (including phenoxy) is 1. The summed E-state index contributed by atoms with van der Waals surface area (Å²) >= 11 is 1.63. The van der Waals surface area contributed by atoms with Crippen molar-refractivity contribution in [2.24, 2.45) is 0 Å². The SMILES string of the molecule is CC(C)n1c(NCC(=O)N2CCOCC2)nc2sc3c(c2c1=O)CCCC3. The lowest BCUT2D eigenvalue weighted by Crippen LogP contribution is -2.43. The van der Waals surface area contributed by atoms with Gasteiger partial charge < -0.3 is 15.0 Å². The second-order valence-corrected chi connectivity index (χ2v) is 8.53. The van der Waals surface area contributed by atoms with Crippen LogP contribution in [-0.4, -0.2) is 53.2 Å². The average Bonchev–Trinajstić information content (AvgIpc) is 3.05. The maximum atomic E-state index is 13.2. The van der Waals surface area contributed by atoms with Crippen molar-refractivity contribution in [2.75, 3.05) is 38.2 Å². The summed E-state index contributed by atoms with van der Waals surface area (Å²) in [6.07, 6.45) is 4.31. The number of thiophene rings is 1. The number of fused-ring (bicyclic) bond motifs is 3. The Morgan fingerprint density at radius 1 is 1.26 bits per heavy atom. The Balaban J connectivity index is 1.66. The molecule has 0 saturated carbocycles. The number of morpholine rings is 1. The minimum Gasteiger partial charge on any atom is -0.378 e. The van der Waals surface area contributed by atoms with Gasteiger partial charge in [-0.3, -0.25) is 14.2 Å². The molecule has 0 unspecified atom stereocenters. The van der Waals surface area contributed by atoms with Crippen LogP contribution in [0.1, 0.15) is 43.2 Å². The van der Waals surface area contributed by atoms with E-state index in [1.807, 2.05) is 13.8 Å². The quantitative estimate of drug-likeness (QED) is 0.866. The van der Waals surface area contributed by atoms with Crippen LogP contribution in [0.5, 0.6) is 0 Å². The minimum absolute atomic E-state index is 0.00780. The van der Waals surface area contributed by atoms with Crippen molar-refractivity contribution in [2.45, 2.75) is 45.6 Å². The molecule has 1 amide bonds. The highest BCUT2D eigenvalue weighted by Crippen LogP contribution is 2.34. The van der Waals surface area contributed by atoms with Gasteiger partial charge in [-0.15, -0.1) is 11.3 Å². The van der Waals surface area contributed by atoms with Crippen LogP contribution in [0.4, 0.5) is 5.95 Å². The van der Waals surface area contributed by atoms with Crippen LogP contribution in [-0.2, 0) is 22.4 Å². The first-order valence-electron chi connectivity index (χ1n) is 9.72. The fraction of sp³-hybridized carbons (Fsp3) is 0.632. The predicted molar refractivity (Wildman–Crippen MR) is 107 cm³/mol. The summed E-state index contributed by atoms with van der Waals surface area (Å²) in [6, 6.07) is -0.0328. The topological polar surface area (TPSA) is 76.5 Å². The summed E-state index contributed by atoms with van der Waals surface area (Å²) < 4.78 is 6.99. The van der Waals surface area contributed by atoms with E-state index in [9.17, 15) is 9.59 Å². The van der Waals surface area contributed by atoms with Crippen molar-refractivity contribution in [1.29, 1.82) is 0 Å². The molecule has 2 aromatic heterocycles. The first kappa shape index (κ1) is 18.4. The number of amides is 1. The van der Waals surface area contributed by atoms with Crippen molar-refractivity contribution in [3.63, 3.8) is 0 Å². The molecule has 3 heterocycles. The Bertz CT molecular complexity index is 912. The van der Waals surface area contributed by atoms with Gasteiger partial charge in [-0.05, 0) is 45.1 Å². The Kier molecular flexibility index (Phi) is 5.19. The van der Waals surface area contributed by atoms with E-state index in [1.165, 1.54) is 16.9 Å². The van der Waals surface area contributed by atoms with Crippen molar-refractivity contribution >= 4 is 33.4 Å². The molecule has 146 valence electrons. The van der Waals surface area contributed by atoms with E-state index >= 15 is 0 Å². The number of carbonyl (C=O) groups is 1. The number of nitrogens with zero attached hydrogens (tertiary/aromatic N) is 3. The van der Waals surface area contributed by atoms with E-state index < -0.39 is 0 Å². The number of hydrogen-bond acceptors (Lipinski definition) is 6. The molecule has 0 atom stereocenters. The smallest absolute Gasteiger partial charge is 0.264 e. The summed E-state index contributed by atoms with van der Waals surface area (Å²) in [4.78, 5) is 34.3. The van der Waals surface area contributed by atoms with Gasteiger partial charge in [0.05, 0.1) is 25.1 Å². The van der Waals surface area contributed by atoms with Gasteiger partial charge in [0.2, 0.25) is 11.9 Å². The van der Waals surface area contributed by atoms with Gasteiger partial charge >= 0.3 is 0 Å². The Hall–Kier alpha value is -1.93. The van der Waals surface area contributed by atoms with Crippen LogP contribution in [0.15, 0.2) is 4.79 Å². The number of hydrogen-bond donors (Lipinski definition) is 1. The van der Waals surface area contributed by atoms with Crippen LogP contribution >= 0.6 is 11.3 Å². The molecular formula is C19H26N4O3S. The molecule has 0 radical (unpaired) electrons. The largest absolute Gasteiger partial charge is 0.378 e. The van der Waals surface area contributed by atoms with Crippen LogP contribution in [0.2, 0.25) is 0 Å². The van der Waals surface area contributed by atoms with Crippen LogP contribution in [0, 0.1) is 0 Å².